The van der Waals surface area contributed by atoms with E-state index in [-0.39, 0.29) is 5.69 Å². The summed E-state index contributed by atoms with van der Waals surface area (Å²) in [6, 6.07) is 5.05. The molecule has 206 valence electrons. The van der Waals surface area contributed by atoms with Crippen LogP contribution in [0.5, 0.6) is 0 Å². The van der Waals surface area contributed by atoms with Crippen molar-refractivity contribution in [3.8, 4) is 11.3 Å². The van der Waals surface area contributed by atoms with Crippen LogP contribution in [0.25, 0.3) is 22.3 Å². The van der Waals surface area contributed by atoms with Gasteiger partial charge in [0.2, 0.25) is 0 Å². The Morgan fingerprint density at radius 1 is 1.00 bits per heavy atom. The fourth-order valence-corrected chi connectivity index (χ4v) is 4.47. The van der Waals surface area contributed by atoms with Gasteiger partial charge in [-0.3, -0.25) is 9.88 Å². The first-order valence-electron chi connectivity index (χ1n) is 12.3. The van der Waals surface area contributed by atoms with Crippen molar-refractivity contribution >= 4 is 16.9 Å². The fourth-order valence-electron chi connectivity index (χ4n) is 4.47. The molecule has 1 aromatic carbocycles. The molecule has 1 saturated heterocycles. The average molecular weight is 546 g/mol. The number of halogens is 4. The summed E-state index contributed by atoms with van der Waals surface area (Å²) < 4.78 is 54.4. The largest absolute Gasteiger partial charge is 0.387 e. The molecular weight excluding hydrogens is 518 g/mol. The summed E-state index contributed by atoms with van der Waals surface area (Å²) in [4.78, 5) is 17.6. The first kappa shape index (κ1) is 26.9. The van der Waals surface area contributed by atoms with Crippen LogP contribution in [0.2, 0.25) is 0 Å². The summed E-state index contributed by atoms with van der Waals surface area (Å²) in [6.45, 7) is 2.42. The van der Waals surface area contributed by atoms with E-state index in [2.05, 4.69) is 15.1 Å². The van der Waals surface area contributed by atoms with Gasteiger partial charge < -0.3 is 15.1 Å². The molecule has 13 heteroatoms. The van der Waals surface area contributed by atoms with Crippen LogP contribution in [0.3, 0.4) is 0 Å². The SMILES string of the molecule is CC(C)(O)[C@@H](O)c1cc2nc(N3CCN(Cc4ccc(F)cc4F)CC3)c(-c3cnn(C(F)F)c3)nc2cn1. The van der Waals surface area contributed by atoms with Gasteiger partial charge in [-0.1, -0.05) is 6.07 Å². The maximum Gasteiger partial charge on any atom is 0.333 e. The molecule has 0 saturated carbocycles. The van der Waals surface area contributed by atoms with E-state index in [4.69, 9.17) is 4.98 Å². The standard InChI is InChI=1S/C26H27F4N7O2/c1-26(2,39)23(38)20-10-19-21(12-31-20)33-22(16-11-32-37(14-16)25(29)30)24(34-19)36-7-5-35(6-8-36)13-15-3-4-17(27)9-18(15)28/h3-4,9-12,14,23,25,38-39H,5-8,13H2,1-2H3/t23-/m0/s1. The van der Waals surface area contributed by atoms with Crippen molar-refractivity contribution < 1.29 is 27.8 Å². The molecule has 0 aliphatic carbocycles. The van der Waals surface area contributed by atoms with Crippen LogP contribution in [0.1, 0.15) is 37.8 Å². The van der Waals surface area contributed by atoms with E-state index in [0.717, 1.165) is 6.07 Å². The van der Waals surface area contributed by atoms with Crippen molar-refractivity contribution in [1.29, 1.82) is 0 Å². The van der Waals surface area contributed by atoms with Gasteiger partial charge in [0.15, 0.2) is 5.82 Å². The molecule has 0 unspecified atom stereocenters. The number of pyridine rings is 1. The molecule has 3 aromatic heterocycles. The Labute approximate surface area is 221 Å². The van der Waals surface area contributed by atoms with E-state index >= 15 is 0 Å². The van der Waals surface area contributed by atoms with Gasteiger partial charge >= 0.3 is 6.55 Å². The predicted octanol–water partition coefficient (Wildman–Crippen LogP) is 3.69. The lowest BCUT2D eigenvalue weighted by molar-refractivity contribution is -0.0516. The molecule has 0 spiro atoms. The second kappa shape index (κ2) is 10.5. The number of aromatic nitrogens is 5. The number of benzene rings is 1. The molecule has 4 aromatic rings. The number of aliphatic hydroxyl groups is 2. The van der Waals surface area contributed by atoms with Crippen molar-refractivity contribution in [3.63, 3.8) is 0 Å². The predicted molar refractivity (Wildman–Crippen MR) is 135 cm³/mol. The third-order valence-electron chi connectivity index (χ3n) is 6.66. The van der Waals surface area contributed by atoms with E-state index in [1.165, 1.54) is 50.6 Å². The third kappa shape index (κ3) is 5.70. The number of hydrogen-bond acceptors (Lipinski definition) is 8. The zero-order valence-electron chi connectivity index (χ0n) is 21.3. The van der Waals surface area contributed by atoms with E-state index in [0.29, 0.717) is 71.1 Å². The molecule has 0 radical (unpaired) electrons. The second-order valence-electron chi connectivity index (χ2n) is 10.0. The minimum Gasteiger partial charge on any atom is -0.387 e. The van der Waals surface area contributed by atoms with Crippen LogP contribution in [-0.2, 0) is 6.54 Å². The van der Waals surface area contributed by atoms with E-state index in [1.807, 2.05) is 9.80 Å². The molecule has 0 bridgehead atoms. The first-order valence-corrected chi connectivity index (χ1v) is 12.3. The highest BCUT2D eigenvalue weighted by atomic mass is 19.3. The Kier molecular flexibility index (Phi) is 7.23. The lowest BCUT2D eigenvalue weighted by atomic mass is 9.98. The zero-order valence-corrected chi connectivity index (χ0v) is 21.3. The van der Waals surface area contributed by atoms with Crippen molar-refractivity contribution in [2.75, 3.05) is 31.1 Å². The third-order valence-corrected chi connectivity index (χ3v) is 6.66. The Bertz CT molecular complexity index is 1480. The van der Waals surface area contributed by atoms with Crippen molar-refractivity contribution in [2.45, 2.75) is 38.6 Å². The number of hydrogen-bond donors (Lipinski definition) is 2. The highest BCUT2D eigenvalue weighted by Crippen LogP contribution is 2.32. The Hall–Kier alpha value is -3.68. The summed E-state index contributed by atoms with van der Waals surface area (Å²) in [7, 11) is 0. The topological polar surface area (TPSA) is 103 Å². The monoisotopic (exact) mass is 545 g/mol. The number of fused-ring (bicyclic) bond motifs is 1. The van der Waals surface area contributed by atoms with Crippen LogP contribution in [-0.4, -0.2) is 71.6 Å². The van der Waals surface area contributed by atoms with Gasteiger partial charge in [0.25, 0.3) is 0 Å². The minimum atomic E-state index is -2.82. The molecule has 5 rings (SSSR count). The van der Waals surface area contributed by atoms with Gasteiger partial charge in [0.05, 0.1) is 29.2 Å². The molecule has 1 fully saturated rings. The van der Waals surface area contributed by atoms with Crippen molar-refractivity contribution in [2.24, 2.45) is 0 Å². The molecule has 9 nitrogen and oxygen atoms in total. The number of aliphatic hydroxyl groups excluding tert-OH is 1. The van der Waals surface area contributed by atoms with Gasteiger partial charge in [-0.2, -0.15) is 13.9 Å². The number of piperazine rings is 1. The van der Waals surface area contributed by atoms with Crippen LogP contribution in [0, 0.1) is 11.6 Å². The number of rotatable bonds is 7. The van der Waals surface area contributed by atoms with Crippen LogP contribution in [0.4, 0.5) is 23.4 Å². The quantitative estimate of drug-likeness (QED) is 0.339. The normalized spacial score (nSPS) is 15.9. The van der Waals surface area contributed by atoms with Gasteiger partial charge in [0, 0.05) is 56.1 Å². The van der Waals surface area contributed by atoms with Gasteiger partial charge in [-0.15, -0.1) is 0 Å². The molecule has 4 heterocycles. The van der Waals surface area contributed by atoms with Crippen molar-refractivity contribution in [3.05, 3.63) is 65.7 Å². The van der Waals surface area contributed by atoms with Gasteiger partial charge in [0.1, 0.15) is 28.9 Å². The molecule has 1 aliphatic heterocycles. The summed E-state index contributed by atoms with van der Waals surface area (Å²) in [5.74, 6) is -0.806. The second-order valence-corrected chi connectivity index (χ2v) is 10.0. The molecule has 2 N–H and O–H groups in total. The maximum atomic E-state index is 14.2. The van der Waals surface area contributed by atoms with Gasteiger partial charge in [-0.05, 0) is 26.0 Å². The molecule has 0 amide bonds. The maximum absolute atomic E-state index is 14.2. The Morgan fingerprint density at radius 3 is 2.38 bits per heavy atom. The lowest BCUT2D eigenvalue weighted by Crippen LogP contribution is -2.46. The van der Waals surface area contributed by atoms with E-state index in [9.17, 15) is 27.8 Å². The van der Waals surface area contributed by atoms with Crippen molar-refractivity contribution in [1.82, 2.24) is 29.6 Å². The van der Waals surface area contributed by atoms with Crippen LogP contribution < -0.4 is 4.90 Å². The summed E-state index contributed by atoms with van der Waals surface area (Å²) in [6.07, 6.45) is 2.62. The number of nitrogens with zero attached hydrogens (tertiary/aromatic N) is 7. The highest BCUT2D eigenvalue weighted by molar-refractivity contribution is 5.83. The lowest BCUT2D eigenvalue weighted by Gasteiger charge is -2.36. The molecule has 1 aliphatic rings. The number of alkyl halides is 2. The highest BCUT2D eigenvalue weighted by Gasteiger charge is 2.29. The fraction of sp³-hybridized carbons (Fsp3) is 0.385. The van der Waals surface area contributed by atoms with Crippen LogP contribution in [0.15, 0.2) is 42.9 Å². The average Bonchev–Trinajstić information content (AvgIpc) is 3.39. The number of anilines is 1. The first-order chi connectivity index (χ1) is 18.5. The summed E-state index contributed by atoms with van der Waals surface area (Å²) >= 11 is 0. The van der Waals surface area contributed by atoms with E-state index < -0.39 is 29.9 Å². The molecule has 1 atom stereocenters. The minimum absolute atomic E-state index is 0.208. The van der Waals surface area contributed by atoms with E-state index in [1.54, 1.807) is 0 Å². The molecular formula is C26H27F4N7O2. The van der Waals surface area contributed by atoms with Gasteiger partial charge in [-0.25, -0.2) is 23.4 Å². The Morgan fingerprint density at radius 2 is 1.74 bits per heavy atom. The Balaban J connectivity index is 1.47. The zero-order chi connectivity index (χ0) is 27.9. The van der Waals surface area contributed by atoms with Crippen LogP contribution >= 0.6 is 0 Å². The smallest absolute Gasteiger partial charge is 0.333 e. The molecule has 39 heavy (non-hydrogen) atoms. The summed E-state index contributed by atoms with van der Waals surface area (Å²) in [5, 5.41) is 24.4. The summed E-state index contributed by atoms with van der Waals surface area (Å²) in [5.41, 5.74) is 0.609.